The molecule has 5 heteroatoms. The van der Waals surface area contributed by atoms with Crippen LogP contribution in [0.4, 0.5) is 10.5 Å². The van der Waals surface area contributed by atoms with E-state index in [1.165, 1.54) is 0 Å². The summed E-state index contributed by atoms with van der Waals surface area (Å²) in [7, 11) is 1.58. The summed E-state index contributed by atoms with van der Waals surface area (Å²) in [6, 6.07) is 5.43. The third kappa shape index (κ3) is 4.49. The van der Waals surface area contributed by atoms with E-state index in [1.807, 2.05) is 32.9 Å². The fraction of sp³-hybridized carbons (Fsp3) is 0.462. The molecule has 0 bridgehead atoms. The number of nitrogens with one attached hydrogen (secondary N) is 1. The second-order valence-electron chi connectivity index (χ2n) is 4.81. The van der Waals surface area contributed by atoms with Gasteiger partial charge in [0.2, 0.25) is 0 Å². The molecule has 18 heavy (non-hydrogen) atoms. The van der Waals surface area contributed by atoms with Crippen molar-refractivity contribution >= 4 is 24.4 Å². The third-order valence-corrected chi connectivity index (χ3v) is 2.46. The number of amides is 1. The van der Waals surface area contributed by atoms with Gasteiger partial charge >= 0.3 is 6.09 Å². The van der Waals surface area contributed by atoms with Gasteiger partial charge in [-0.2, -0.15) is 12.6 Å². The average molecular weight is 269 g/mol. The van der Waals surface area contributed by atoms with Gasteiger partial charge < -0.3 is 9.47 Å². The van der Waals surface area contributed by atoms with Crippen LogP contribution in [0, 0.1) is 0 Å². The molecule has 0 aliphatic rings. The number of benzene rings is 1. The number of ether oxygens (including phenoxy) is 2. The van der Waals surface area contributed by atoms with E-state index in [1.54, 1.807) is 13.2 Å². The van der Waals surface area contributed by atoms with E-state index in [0.717, 1.165) is 5.56 Å². The molecule has 1 rings (SSSR count). The van der Waals surface area contributed by atoms with Crippen LogP contribution in [0.15, 0.2) is 18.2 Å². The van der Waals surface area contributed by atoms with Crippen molar-refractivity contribution in [2.24, 2.45) is 0 Å². The van der Waals surface area contributed by atoms with Crippen molar-refractivity contribution < 1.29 is 14.3 Å². The van der Waals surface area contributed by atoms with Crippen molar-refractivity contribution in [1.82, 2.24) is 0 Å². The van der Waals surface area contributed by atoms with E-state index in [9.17, 15) is 4.79 Å². The van der Waals surface area contributed by atoms with Crippen LogP contribution in [0.2, 0.25) is 0 Å². The number of hydrogen-bond donors (Lipinski definition) is 2. The molecular formula is C13H19NO3S. The Morgan fingerprint density at radius 3 is 2.56 bits per heavy atom. The molecule has 0 heterocycles. The Bertz CT molecular complexity index is 427. The lowest BCUT2D eigenvalue weighted by Crippen LogP contribution is -2.27. The number of anilines is 1. The number of carbonyl (C=O) groups is 1. The Morgan fingerprint density at radius 1 is 1.39 bits per heavy atom. The maximum Gasteiger partial charge on any atom is 0.412 e. The van der Waals surface area contributed by atoms with Crippen LogP contribution in [-0.2, 0) is 10.5 Å². The summed E-state index contributed by atoms with van der Waals surface area (Å²) in [4.78, 5) is 11.7. The minimum atomic E-state index is -0.524. The molecule has 0 saturated carbocycles. The molecule has 1 aromatic carbocycles. The smallest absolute Gasteiger partial charge is 0.412 e. The molecule has 4 nitrogen and oxygen atoms in total. The number of carbonyl (C=O) groups excluding carboxylic acids is 1. The first-order chi connectivity index (χ1) is 8.35. The molecule has 0 atom stereocenters. The second-order valence-corrected chi connectivity index (χ2v) is 5.12. The van der Waals surface area contributed by atoms with Crippen molar-refractivity contribution in [3.8, 4) is 5.75 Å². The summed E-state index contributed by atoms with van der Waals surface area (Å²) in [5.74, 6) is 1.20. The van der Waals surface area contributed by atoms with Crippen LogP contribution in [-0.4, -0.2) is 18.8 Å². The molecule has 100 valence electrons. The lowest BCUT2D eigenvalue weighted by atomic mass is 10.2. The van der Waals surface area contributed by atoms with Crippen molar-refractivity contribution in [2.45, 2.75) is 32.1 Å². The number of rotatable bonds is 3. The first-order valence-corrected chi connectivity index (χ1v) is 6.27. The lowest BCUT2D eigenvalue weighted by Gasteiger charge is -2.20. The lowest BCUT2D eigenvalue weighted by molar-refractivity contribution is 0.0636. The van der Waals surface area contributed by atoms with E-state index < -0.39 is 11.7 Å². The van der Waals surface area contributed by atoms with Gasteiger partial charge in [-0.15, -0.1) is 0 Å². The zero-order valence-corrected chi connectivity index (χ0v) is 12.0. The van der Waals surface area contributed by atoms with Crippen LogP contribution in [0.1, 0.15) is 26.3 Å². The summed E-state index contributed by atoms with van der Waals surface area (Å²) in [5.41, 5.74) is 1.04. The number of thiol groups is 1. The van der Waals surface area contributed by atoms with Gasteiger partial charge in [0.25, 0.3) is 0 Å². The van der Waals surface area contributed by atoms with Crippen LogP contribution < -0.4 is 10.1 Å². The molecule has 1 aromatic rings. The Kier molecular flexibility index (Phi) is 4.90. The summed E-state index contributed by atoms with van der Waals surface area (Å²) >= 11 is 4.22. The topological polar surface area (TPSA) is 47.6 Å². The molecule has 0 aliphatic heterocycles. The predicted octanol–water partition coefficient (Wildman–Crippen LogP) is 3.47. The number of hydrogen-bond acceptors (Lipinski definition) is 4. The highest BCUT2D eigenvalue weighted by Crippen LogP contribution is 2.24. The highest BCUT2D eigenvalue weighted by atomic mass is 32.1. The van der Waals surface area contributed by atoms with Crippen LogP contribution in [0.5, 0.6) is 5.75 Å². The number of methoxy groups -OCH3 is 1. The third-order valence-electron chi connectivity index (χ3n) is 2.12. The summed E-state index contributed by atoms with van der Waals surface area (Å²) < 4.78 is 10.3. The Hall–Kier alpha value is -1.36. The van der Waals surface area contributed by atoms with Crippen molar-refractivity contribution in [2.75, 3.05) is 12.4 Å². The maximum atomic E-state index is 11.7. The fourth-order valence-electron chi connectivity index (χ4n) is 1.35. The van der Waals surface area contributed by atoms with Gasteiger partial charge in [0.1, 0.15) is 11.4 Å². The van der Waals surface area contributed by atoms with Crippen LogP contribution >= 0.6 is 12.6 Å². The Labute approximate surface area is 113 Å². The molecule has 0 spiro atoms. The van der Waals surface area contributed by atoms with E-state index in [-0.39, 0.29) is 0 Å². The van der Waals surface area contributed by atoms with Crippen LogP contribution in [0.25, 0.3) is 0 Å². The van der Waals surface area contributed by atoms with Gasteiger partial charge in [-0.05, 0) is 32.4 Å². The van der Waals surface area contributed by atoms with E-state index in [4.69, 9.17) is 9.47 Å². The van der Waals surface area contributed by atoms with Gasteiger partial charge in [0.05, 0.1) is 12.8 Å². The van der Waals surface area contributed by atoms with E-state index in [0.29, 0.717) is 17.2 Å². The van der Waals surface area contributed by atoms with Gasteiger partial charge in [-0.3, -0.25) is 5.32 Å². The molecular weight excluding hydrogens is 250 g/mol. The molecule has 0 radical (unpaired) electrons. The highest BCUT2D eigenvalue weighted by molar-refractivity contribution is 7.79. The molecule has 1 amide bonds. The first kappa shape index (κ1) is 14.7. The normalized spacial score (nSPS) is 10.9. The van der Waals surface area contributed by atoms with Crippen molar-refractivity contribution in [3.63, 3.8) is 0 Å². The molecule has 0 saturated heterocycles. The maximum absolute atomic E-state index is 11.7. The molecule has 0 aromatic heterocycles. The SMILES string of the molecule is COc1ccc(CS)c(NC(=O)OC(C)(C)C)c1. The average Bonchev–Trinajstić information content (AvgIpc) is 2.26. The van der Waals surface area contributed by atoms with Gasteiger partial charge in [0, 0.05) is 11.8 Å². The van der Waals surface area contributed by atoms with E-state index in [2.05, 4.69) is 17.9 Å². The minimum Gasteiger partial charge on any atom is -0.497 e. The van der Waals surface area contributed by atoms with Crippen LogP contribution in [0.3, 0.4) is 0 Å². The molecule has 0 unspecified atom stereocenters. The standard InChI is InChI=1S/C13H19NO3S/c1-13(2,3)17-12(15)14-11-7-10(16-4)6-5-9(11)8-18/h5-7,18H,8H2,1-4H3,(H,14,15). The summed E-state index contributed by atoms with van der Waals surface area (Å²) in [6.07, 6.45) is -0.487. The van der Waals surface area contributed by atoms with Gasteiger partial charge in [-0.1, -0.05) is 6.07 Å². The Morgan fingerprint density at radius 2 is 2.06 bits per heavy atom. The molecule has 0 aliphatic carbocycles. The predicted molar refractivity (Wildman–Crippen MR) is 75.5 cm³/mol. The molecule has 0 fully saturated rings. The summed E-state index contributed by atoms with van der Waals surface area (Å²) in [6.45, 7) is 5.45. The van der Waals surface area contributed by atoms with Gasteiger partial charge in [-0.25, -0.2) is 4.79 Å². The zero-order chi connectivity index (χ0) is 13.8. The largest absolute Gasteiger partial charge is 0.497 e. The van der Waals surface area contributed by atoms with Gasteiger partial charge in [0.15, 0.2) is 0 Å². The highest BCUT2D eigenvalue weighted by Gasteiger charge is 2.17. The molecule has 1 N–H and O–H groups in total. The summed E-state index contributed by atoms with van der Waals surface area (Å²) in [5, 5.41) is 2.70. The van der Waals surface area contributed by atoms with E-state index >= 15 is 0 Å². The minimum absolute atomic E-state index is 0.487. The second kappa shape index (κ2) is 6.00. The monoisotopic (exact) mass is 269 g/mol. The fourth-order valence-corrected chi connectivity index (χ4v) is 1.63. The quantitative estimate of drug-likeness (QED) is 0.826. The first-order valence-electron chi connectivity index (χ1n) is 5.63. The zero-order valence-electron chi connectivity index (χ0n) is 11.1. The Balaban J connectivity index is 2.85. The van der Waals surface area contributed by atoms with Crippen molar-refractivity contribution in [1.29, 1.82) is 0 Å². The van der Waals surface area contributed by atoms with Crippen molar-refractivity contribution in [3.05, 3.63) is 23.8 Å².